The summed E-state index contributed by atoms with van der Waals surface area (Å²) in [7, 11) is 0. The first-order valence-corrected chi connectivity index (χ1v) is 8.90. The van der Waals surface area contributed by atoms with Crippen LogP contribution in [0, 0.1) is 0 Å². The predicted octanol–water partition coefficient (Wildman–Crippen LogP) is 4.01. The van der Waals surface area contributed by atoms with Crippen molar-refractivity contribution in [2.24, 2.45) is 0 Å². The summed E-state index contributed by atoms with van der Waals surface area (Å²) in [6, 6.07) is 13.9. The lowest BCUT2D eigenvalue weighted by Gasteiger charge is -2.05. The average molecular weight is 342 g/mol. The monoisotopic (exact) mass is 342 g/mol. The fourth-order valence-corrected chi connectivity index (χ4v) is 3.72. The third kappa shape index (κ3) is 3.06. The molecule has 0 amide bonds. The molecule has 0 aliphatic carbocycles. The van der Waals surface area contributed by atoms with Crippen LogP contribution in [0.4, 0.5) is 5.13 Å². The highest BCUT2D eigenvalue weighted by atomic mass is 32.1. The van der Waals surface area contributed by atoms with Gasteiger partial charge in [-0.3, -0.25) is 0 Å². The highest BCUT2D eigenvalue weighted by Crippen LogP contribution is 2.28. The lowest BCUT2D eigenvalue weighted by molar-refractivity contribution is 0.333. The van der Waals surface area contributed by atoms with E-state index in [0.717, 1.165) is 21.5 Å². The zero-order chi connectivity index (χ0) is 15.5. The minimum absolute atomic E-state index is 0.587. The summed E-state index contributed by atoms with van der Waals surface area (Å²) < 4.78 is 7.55. The van der Waals surface area contributed by atoms with Gasteiger partial charge in [-0.2, -0.15) is 0 Å². The van der Waals surface area contributed by atoms with Gasteiger partial charge in [0.1, 0.15) is 18.1 Å². The molecule has 116 valence electrons. The topological polar surface area (TPSA) is 51.5 Å². The van der Waals surface area contributed by atoms with Crippen molar-refractivity contribution in [3.63, 3.8) is 0 Å². The van der Waals surface area contributed by atoms with E-state index in [4.69, 9.17) is 4.74 Å². The first-order valence-electron chi connectivity index (χ1n) is 7.20. The van der Waals surface area contributed by atoms with Gasteiger partial charge in [0.25, 0.3) is 0 Å². The molecule has 7 heteroatoms. The summed E-state index contributed by atoms with van der Waals surface area (Å²) in [5, 5.41) is 10.8. The third-order valence-electron chi connectivity index (χ3n) is 3.25. The van der Waals surface area contributed by atoms with Crippen molar-refractivity contribution in [2.75, 3.05) is 18.5 Å². The number of anilines is 1. The Morgan fingerprint density at radius 3 is 2.87 bits per heavy atom. The molecule has 3 heterocycles. The molecule has 0 saturated heterocycles. The summed E-state index contributed by atoms with van der Waals surface area (Å²) in [6.07, 6.45) is 1.87. The Bertz CT molecular complexity index is 884. The molecule has 0 unspecified atom stereocenters. The number of para-hydroxylation sites is 1. The van der Waals surface area contributed by atoms with Gasteiger partial charge in [-0.05, 0) is 23.6 Å². The van der Waals surface area contributed by atoms with Gasteiger partial charge in [-0.15, -0.1) is 16.4 Å². The quantitative estimate of drug-likeness (QED) is 0.538. The molecule has 0 atom stereocenters. The molecule has 3 aromatic heterocycles. The highest BCUT2D eigenvalue weighted by molar-refractivity contribution is 7.20. The molecule has 0 fully saturated rings. The molecular weight excluding hydrogens is 328 g/mol. The van der Waals surface area contributed by atoms with Crippen molar-refractivity contribution in [1.29, 1.82) is 0 Å². The first-order chi connectivity index (χ1) is 11.4. The van der Waals surface area contributed by atoms with Crippen LogP contribution in [0.25, 0.3) is 15.5 Å². The molecule has 0 saturated carbocycles. The molecule has 4 rings (SSSR count). The second kappa shape index (κ2) is 6.39. The van der Waals surface area contributed by atoms with E-state index in [2.05, 4.69) is 26.8 Å². The smallest absolute Gasteiger partial charge is 0.214 e. The van der Waals surface area contributed by atoms with Crippen molar-refractivity contribution in [2.45, 2.75) is 0 Å². The van der Waals surface area contributed by atoms with Crippen molar-refractivity contribution < 1.29 is 4.74 Å². The summed E-state index contributed by atoms with van der Waals surface area (Å²) in [5.41, 5.74) is 1.03. The lowest BCUT2D eigenvalue weighted by Crippen LogP contribution is -2.11. The fourth-order valence-electron chi connectivity index (χ4n) is 2.20. The van der Waals surface area contributed by atoms with Crippen LogP contribution in [0.3, 0.4) is 0 Å². The van der Waals surface area contributed by atoms with E-state index in [0.29, 0.717) is 13.2 Å². The molecule has 1 N–H and O–H groups in total. The number of rotatable bonds is 6. The van der Waals surface area contributed by atoms with E-state index >= 15 is 0 Å². The van der Waals surface area contributed by atoms with Gasteiger partial charge in [0.05, 0.1) is 17.6 Å². The number of nitrogens with zero attached hydrogens (tertiary/aromatic N) is 3. The first kappa shape index (κ1) is 14.2. The van der Waals surface area contributed by atoms with Gasteiger partial charge in [0.2, 0.25) is 10.1 Å². The number of hydrogen-bond acceptors (Lipinski definition) is 6. The Balaban J connectivity index is 1.40. The Labute approximate surface area is 141 Å². The number of benzene rings is 1. The maximum absolute atomic E-state index is 5.66. The number of thiophene rings is 1. The standard InChI is InChI=1S/C16H14N4OS2/c1-2-5-12(6-3-1)21-9-8-17-15-19-20-13(11-18-16(20)23-15)14-7-4-10-22-14/h1-7,10-11H,8-9H2,(H,17,19). The van der Waals surface area contributed by atoms with E-state index in [9.17, 15) is 0 Å². The normalized spacial score (nSPS) is 11.0. The minimum Gasteiger partial charge on any atom is -0.492 e. The van der Waals surface area contributed by atoms with Crippen LogP contribution >= 0.6 is 22.7 Å². The van der Waals surface area contributed by atoms with E-state index in [1.165, 1.54) is 4.88 Å². The highest BCUT2D eigenvalue weighted by Gasteiger charge is 2.11. The van der Waals surface area contributed by atoms with E-state index in [1.54, 1.807) is 22.7 Å². The van der Waals surface area contributed by atoms with Gasteiger partial charge < -0.3 is 10.1 Å². The van der Waals surface area contributed by atoms with Crippen LogP contribution < -0.4 is 10.1 Å². The van der Waals surface area contributed by atoms with Crippen molar-refractivity contribution in [1.82, 2.24) is 14.6 Å². The molecule has 0 radical (unpaired) electrons. The van der Waals surface area contributed by atoms with Crippen molar-refractivity contribution >= 4 is 32.8 Å². The van der Waals surface area contributed by atoms with E-state index in [-0.39, 0.29) is 0 Å². The Kier molecular flexibility index (Phi) is 3.95. The number of fused-ring (bicyclic) bond motifs is 1. The largest absolute Gasteiger partial charge is 0.492 e. The Hall–Kier alpha value is -2.38. The SMILES string of the molecule is c1ccc(OCCNc2nn3c(-c4cccs4)cnc3s2)cc1. The summed E-state index contributed by atoms with van der Waals surface area (Å²) in [5.74, 6) is 0.878. The van der Waals surface area contributed by atoms with Crippen LogP contribution in [0.15, 0.2) is 54.0 Å². The molecule has 1 aromatic carbocycles. The lowest BCUT2D eigenvalue weighted by atomic mass is 10.3. The number of ether oxygens (including phenoxy) is 1. The van der Waals surface area contributed by atoms with Crippen LogP contribution in [0.5, 0.6) is 5.75 Å². The van der Waals surface area contributed by atoms with Crippen molar-refractivity contribution in [3.05, 3.63) is 54.0 Å². The zero-order valence-corrected chi connectivity index (χ0v) is 13.8. The predicted molar refractivity (Wildman–Crippen MR) is 94.6 cm³/mol. The third-order valence-corrected chi connectivity index (χ3v) is 5.02. The van der Waals surface area contributed by atoms with E-state index in [1.807, 2.05) is 47.1 Å². The van der Waals surface area contributed by atoms with Gasteiger partial charge in [0, 0.05) is 0 Å². The van der Waals surface area contributed by atoms with Crippen LogP contribution in [0.1, 0.15) is 0 Å². The Morgan fingerprint density at radius 2 is 2.04 bits per heavy atom. The molecule has 0 aliphatic rings. The number of nitrogens with one attached hydrogen (secondary N) is 1. The minimum atomic E-state index is 0.587. The fraction of sp³-hybridized carbons (Fsp3) is 0.125. The summed E-state index contributed by atoms with van der Waals surface area (Å²) in [4.78, 5) is 6.48. The molecule has 23 heavy (non-hydrogen) atoms. The van der Waals surface area contributed by atoms with Gasteiger partial charge in [0.15, 0.2) is 0 Å². The summed E-state index contributed by atoms with van der Waals surface area (Å²) >= 11 is 3.23. The number of imidazole rings is 1. The van der Waals surface area contributed by atoms with Gasteiger partial charge >= 0.3 is 0 Å². The van der Waals surface area contributed by atoms with Crippen LogP contribution in [0.2, 0.25) is 0 Å². The second-order valence-electron chi connectivity index (χ2n) is 4.81. The zero-order valence-electron chi connectivity index (χ0n) is 12.2. The second-order valence-corrected chi connectivity index (χ2v) is 6.71. The molecule has 4 aromatic rings. The molecule has 0 bridgehead atoms. The molecule has 5 nitrogen and oxygen atoms in total. The molecular formula is C16H14N4OS2. The number of aromatic nitrogens is 3. The maximum atomic E-state index is 5.66. The van der Waals surface area contributed by atoms with Crippen molar-refractivity contribution in [3.8, 4) is 16.3 Å². The van der Waals surface area contributed by atoms with Crippen LogP contribution in [-0.2, 0) is 0 Å². The molecule has 0 spiro atoms. The van der Waals surface area contributed by atoms with Gasteiger partial charge in [-0.25, -0.2) is 9.50 Å². The molecule has 0 aliphatic heterocycles. The summed E-state index contributed by atoms with van der Waals surface area (Å²) in [6.45, 7) is 1.28. The van der Waals surface area contributed by atoms with E-state index < -0.39 is 0 Å². The Morgan fingerprint density at radius 1 is 1.13 bits per heavy atom. The van der Waals surface area contributed by atoms with Crippen LogP contribution in [-0.4, -0.2) is 27.7 Å². The number of hydrogen-bond donors (Lipinski definition) is 1. The average Bonchev–Trinajstić information content (AvgIpc) is 3.29. The van der Waals surface area contributed by atoms with Gasteiger partial charge in [-0.1, -0.05) is 35.6 Å². The maximum Gasteiger partial charge on any atom is 0.214 e.